The number of nitriles is 1. The number of carbonyl (C=O) groups is 3. The summed E-state index contributed by atoms with van der Waals surface area (Å²) in [5.41, 5.74) is 1.15. The largest absolute Gasteiger partial charge is 0.497 e. The van der Waals surface area contributed by atoms with E-state index < -0.39 is 62.7 Å². The van der Waals surface area contributed by atoms with Crippen LogP contribution in [-0.4, -0.2) is 98.9 Å². The molecule has 3 aromatic carbocycles. The Morgan fingerprint density at radius 3 is 1.73 bits per heavy atom. The Labute approximate surface area is 355 Å². The molecule has 4 rings (SSSR count). The van der Waals surface area contributed by atoms with Crippen LogP contribution in [0.2, 0.25) is 0 Å². The highest BCUT2D eigenvalue weighted by Crippen LogP contribution is 2.46. The van der Waals surface area contributed by atoms with Gasteiger partial charge in [-0.1, -0.05) is 72.8 Å². The first kappa shape index (κ1) is 48.2. The summed E-state index contributed by atoms with van der Waals surface area (Å²) in [4.78, 5) is 37.9. The molecule has 0 saturated carbocycles. The van der Waals surface area contributed by atoms with Gasteiger partial charge in [0.2, 0.25) is 0 Å². The maximum atomic E-state index is 12.7. The summed E-state index contributed by atoms with van der Waals surface area (Å²) in [5.74, 6) is -1.40. The van der Waals surface area contributed by atoms with Gasteiger partial charge in [0, 0.05) is 39.5 Å². The molecule has 6 atom stereocenters. The molecule has 1 fully saturated rings. The summed E-state index contributed by atoms with van der Waals surface area (Å²) in [6.45, 7) is 12.5. The summed E-state index contributed by atoms with van der Waals surface area (Å²) in [6.07, 6.45) is -4.90. The maximum Gasteiger partial charge on any atom is 0.303 e. The second kappa shape index (κ2) is 24.1. The van der Waals surface area contributed by atoms with E-state index in [1.54, 1.807) is 7.11 Å². The highest BCUT2D eigenvalue weighted by molar-refractivity contribution is 7.44. The molecule has 0 aliphatic carbocycles. The molecule has 1 unspecified atom stereocenters. The number of nitrogens with zero attached hydrogens (tertiary/aromatic N) is 2. The van der Waals surface area contributed by atoms with E-state index in [4.69, 9.17) is 47.5 Å². The smallest absolute Gasteiger partial charge is 0.303 e. The van der Waals surface area contributed by atoms with Crippen molar-refractivity contribution in [2.24, 2.45) is 0 Å². The van der Waals surface area contributed by atoms with E-state index >= 15 is 0 Å². The van der Waals surface area contributed by atoms with Gasteiger partial charge in [-0.15, -0.1) is 0 Å². The Bertz CT molecular complexity index is 1760. The second-order valence-electron chi connectivity index (χ2n) is 14.7. The Balaban J connectivity index is 1.65. The number of benzene rings is 3. The maximum absolute atomic E-state index is 12.7. The van der Waals surface area contributed by atoms with E-state index in [2.05, 4.69) is 38.4 Å². The molecule has 3 aromatic rings. The fourth-order valence-corrected chi connectivity index (χ4v) is 8.74. The minimum atomic E-state index is -1.42. The van der Waals surface area contributed by atoms with E-state index in [-0.39, 0.29) is 38.3 Å². The van der Waals surface area contributed by atoms with Crippen LogP contribution in [0.1, 0.15) is 84.4 Å². The summed E-state index contributed by atoms with van der Waals surface area (Å²) < 4.78 is 57.1. The Morgan fingerprint density at radius 2 is 1.22 bits per heavy atom. The Morgan fingerprint density at radius 1 is 0.717 bits per heavy atom. The summed E-state index contributed by atoms with van der Waals surface area (Å²) in [5, 5.41) is 9.05. The topological polar surface area (TPSA) is 161 Å². The number of unbranched alkanes of at least 4 members (excludes halogenated alkanes) is 1. The summed E-state index contributed by atoms with van der Waals surface area (Å²) in [7, 11) is 0.178. The molecule has 1 heterocycles. The molecule has 15 heteroatoms. The number of hydrogen-bond acceptors (Lipinski definition) is 14. The van der Waals surface area contributed by atoms with Crippen molar-refractivity contribution in [1.82, 2.24) is 4.67 Å². The van der Waals surface area contributed by atoms with Gasteiger partial charge in [-0.3, -0.25) is 14.4 Å². The first-order valence-corrected chi connectivity index (χ1v) is 21.3. The number of methoxy groups -OCH3 is 1. The minimum Gasteiger partial charge on any atom is -0.497 e. The lowest BCUT2D eigenvalue weighted by Gasteiger charge is -2.45. The molecular formula is C45H59N2O12P. The third-order valence-electron chi connectivity index (χ3n) is 9.50. The van der Waals surface area contributed by atoms with Crippen LogP contribution in [0.5, 0.6) is 5.75 Å². The van der Waals surface area contributed by atoms with Crippen LogP contribution in [0, 0.1) is 11.3 Å². The Kier molecular flexibility index (Phi) is 19.4. The molecule has 1 aliphatic rings. The highest BCUT2D eigenvalue weighted by atomic mass is 31.2. The van der Waals surface area contributed by atoms with Crippen LogP contribution in [0.3, 0.4) is 0 Å². The second-order valence-corrected chi connectivity index (χ2v) is 16.1. The van der Waals surface area contributed by atoms with Gasteiger partial charge in [0.25, 0.3) is 8.53 Å². The first-order chi connectivity index (χ1) is 28.8. The van der Waals surface area contributed by atoms with Crippen molar-refractivity contribution in [2.45, 2.75) is 116 Å². The Hall–Kier alpha value is -4.45. The third kappa shape index (κ3) is 13.3. The predicted octanol–water partition coefficient (Wildman–Crippen LogP) is 7.61. The van der Waals surface area contributed by atoms with Crippen molar-refractivity contribution in [2.75, 3.05) is 33.5 Å². The molecular weight excluding hydrogens is 791 g/mol. The number of esters is 3. The van der Waals surface area contributed by atoms with E-state index in [1.165, 1.54) is 20.8 Å². The quantitative estimate of drug-likeness (QED) is 0.0301. The average Bonchev–Trinajstić information content (AvgIpc) is 3.21. The van der Waals surface area contributed by atoms with Gasteiger partial charge in [0.1, 0.15) is 17.5 Å². The van der Waals surface area contributed by atoms with E-state index in [0.717, 1.165) is 16.7 Å². The molecule has 326 valence electrons. The average molecular weight is 851 g/mol. The lowest BCUT2D eigenvalue weighted by Crippen LogP contribution is -2.63. The minimum absolute atomic E-state index is 0.138. The van der Waals surface area contributed by atoms with E-state index in [0.29, 0.717) is 25.2 Å². The molecule has 1 aliphatic heterocycles. The lowest BCUT2D eigenvalue weighted by atomic mass is 9.80. The van der Waals surface area contributed by atoms with Gasteiger partial charge in [-0.2, -0.15) is 5.26 Å². The number of rotatable bonds is 23. The summed E-state index contributed by atoms with van der Waals surface area (Å²) in [6, 6.07) is 29.3. The fourth-order valence-electron chi connectivity index (χ4n) is 7.11. The highest BCUT2D eigenvalue weighted by Gasteiger charge is 2.53. The SMILES string of the molecule is COc1ccc(C(OC[C@H]2O[C@@H](OCCCCOP(OCCC#N)N(C(C)C)C(C)C)[C@H](OC(C)=O)[C@@H](OC(C)=O)[C@H]2OC(C)=O)(c2ccccc2)c2ccccc2)cc1. The van der Waals surface area contributed by atoms with Crippen molar-refractivity contribution in [3.8, 4) is 11.8 Å². The standard InChI is InChI=1S/C45H59N2O12P/c1-31(2)47(32(3)4)60(55-29-17-26-46)54-28-16-15-27-52-44-43(58-35(7)50)42(57-34(6)49)41(56-33(5)48)40(59-44)30-53-45(36-18-11-9-12-19-36,37-20-13-10-14-21-37)38-22-24-39(51-8)25-23-38/h9-14,18-25,31-32,40-44H,15-17,27-30H2,1-8H3/t40-,41+,42+,43-,44-,60?/m1/s1. The molecule has 1 saturated heterocycles. The zero-order valence-electron chi connectivity index (χ0n) is 35.8. The van der Waals surface area contributed by atoms with Gasteiger partial charge in [-0.25, -0.2) is 4.67 Å². The van der Waals surface area contributed by atoms with Gasteiger partial charge < -0.3 is 42.2 Å². The van der Waals surface area contributed by atoms with Gasteiger partial charge in [-0.05, 0) is 69.4 Å². The monoisotopic (exact) mass is 850 g/mol. The number of hydrogen-bond donors (Lipinski definition) is 0. The molecule has 0 spiro atoms. The zero-order chi connectivity index (χ0) is 43.7. The lowest BCUT2D eigenvalue weighted by molar-refractivity contribution is -0.311. The van der Waals surface area contributed by atoms with Crippen molar-refractivity contribution in [3.63, 3.8) is 0 Å². The van der Waals surface area contributed by atoms with Crippen LogP contribution in [-0.2, 0) is 57.5 Å². The van der Waals surface area contributed by atoms with Crippen molar-refractivity contribution in [1.29, 1.82) is 5.26 Å². The van der Waals surface area contributed by atoms with Crippen LogP contribution in [0.25, 0.3) is 0 Å². The zero-order valence-corrected chi connectivity index (χ0v) is 36.7. The van der Waals surface area contributed by atoms with Crippen LogP contribution in [0.15, 0.2) is 84.9 Å². The van der Waals surface area contributed by atoms with Crippen molar-refractivity contribution >= 4 is 26.4 Å². The van der Waals surface area contributed by atoms with Gasteiger partial charge in [0.05, 0.1) is 39.4 Å². The van der Waals surface area contributed by atoms with Crippen molar-refractivity contribution < 1.29 is 56.6 Å². The van der Waals surface area contributed by atoms with Crippen LogP contribution < -0.4 is 4.74 Å². The molecule has 0 N–H and O–H groups in total. The van der Waals surface area contributed by atoms with E-state index in [9.17, 15) is 14.4 Å². The first-order valence-electron chi connectivity index (χ1n) is 20.2. The van der Waals surface area contributed by atoms with E-state index in [1.807, 2.05) is 84.9 Å². The molecule has 14 nitrogen and oxygen atoms in total. The number of ether oxygens (including phenoxy) is 7. The molecule has 0 aromatic heterocycles. The molecule has 0 radical (unpaired) electrons. The normalized spacial score (nSPS) is 19.7. The van der Waals surface area contributed by atoms with Crippen LogP contribution in [0.4, 0.5) is 0 Å². The predicted molar refractivity (Wildman–Crippen MR) is 223 cm³/mol. The summed E-state index contributed by atoms with van der Waals surface area (Å²) >= 11 is 0. The molecule has 0 amide bonds. The number of carbonyl (C=O) groups excluding carboxylic acids is 3. The van der Waals surface area contributed by atoms with Gasteiger partial charge >= 0.3 is 17.9 Å². The van der Waals surface area contributed by atoms with Gasteiger partial charge in [0.15, 0.2) is 24.6 Å². The third-order valence-corrected chi connectivity index (χ3v) is 11.6. The molecule has 60 heavy (non-hydrogen) atoms. The van der Waals surface area contributed by atoms with Crippen LogP contribution >= 0.6 is 8.53 Å². The fraction of sp³-hybridized carbons (Fsp3) is 0.511. The van der Waals surface area contributed by atoms with Crippen molar-refractivity contribution in [3.05, 3.63) is 102 Å². The molecule has 0 bridgehead atoms.